The highest BCUT2D eigenvalue weighted by atomic mass is 16.3. The van der Waals surface area contributed by atoms with Crippen LogP contribution >= 0.6 is 0 Å². The Bertz CT molecular complexity index is 992. The first-order valence-corrected chi connectivity index (χ1v) is 12.5. The maximum atomic E-state index is 12.0. The molecule has 0 unspecified atom stereocenters. The van der Waals surface area contributed by atoms with Crippen molar-refractivity contribution in [2.45, 2.75) is 64.7 Å². The van der Waals surface area contributed by atoms with Crippen LogP contribution in [0.3, 0.4) is 0 Å². The molecule has 0 atom stereocenters. The highest BCUT2D eigenvalue weighted by Gasteiger charge is 2.05. The number of carbonyl (C=O) groups excluding carboxylic acids is 1. The maximum Gasteiger partial charge on any atom is 0.220 e. The van der Waals surface area contributed by atoms with E-state index < -0.39 is 0 Å². The second-order valence-electron chi connectivity index (χ2n) is 8.24. The van der Waals surface area contributed by atoms with Crippen molar-refractivity contribution < 1.29 is 9.90 Å². The van der Waals surface area contributed by atoms with Crippen LogP contribution in [-0.2, 0) is 11.2 Å². The van der Waals surface area contributed by atoms with E-state index in [9.17, 15) is 9.90 Å². The summed E-state index contributed by atoms with van der Waals surface area (Å²) in [5, 5.41) is 13.7. The minimum absolute atomic E-state index is 0.0926. The molecule has 2 rings (SSSR count). The number of amides is 1. The first-order chi connectivity index (χ1) is 16.7. The number of carbonyl (C=O) groups is 1. The average Bonchev–Trinajstić information content (AvgIpc) is 3.23. The van der Waals surface area contributed by atoms with E-state index in [0.29, 0.717) is 13.0 Å². The first kappa shape index (κ1) is 27.0. The summed E-state index contributed by atoms with van der Waals surface area (Å²) >= 11 is 0. The van der Waals surface area contributed by atoms with Gasteiger partial charge in [0.1, 0.15) is 5.75 Å². The van der Waals surface area contributed by atoms with Crippen molar-refractivity contribution in [1.29, 1.82) is 0 Å². The van der Waals surface area contributed by atoms with Gasteiger partial charge in [-0.05, 0) is 75.1 Å². The summed E-state index contributed by atoms with van der Waals surface area (Å²) in [6.07, 6.45) is 31.9. The molecule has 0 aliphatic carbocycles. The lowest BCUT2D eigenvalue weighted by atomic mass is 10.1. The van der Waals surface area contributed by atoms with Crippen LogP contribution in [0.5, 0.6) is 5.75 Å². The lowest BCUT2D eigenvalue weighted by Crippen LogP contribution is -2.25. The predicted molar refractivity (Wildman–Crippen MR) is 145 cm³/mol. The highest BCUT2D eigenvalue weighted by molar-refractivity contribution is 5.84. The molecule has 1 aromatic heterocycles. The zero-order valence-electron chi connectivity index (χ0n) is 20.5. The number of hydrogen-bond donors (Lipinski definition) is 3. The van der Waals surface area contributed by atoms with E-state index in [1.165, 1.54) is 0 Å². The highest BCUT2D eigenvalue weighted by Crippen LogP contribution is 2.23. The number of benzene rings is 1. The Morgan fingerprint density at radius 3 is 2.18 bits per heavy atom. The number of hydrogen-bond acceptors (Lipinski definition) is 2. The Kier molecular flexibility index (Phi) is 13.7. The van der Waals surface area contributed by atoms with Gasteiger partial charge in [0.25, 0.3) is 0 Å². The van der Waals surface area contributed by atoms with Gasteiger partial charge < -0.3 is 15.4 Å². The maximum absolute atomic E-state index is 12.0. The molecule has 1 aromatic carbocycles. The molecule has 4 nitrogen and oxygen atoms in total. The monoisotopic (exact) mass is 460 g/mol. The van der Waals surface area contributed by atoms with Crippen molar-refractivity contribution in [1.82, 2.24) is 10.3 Å². The van der Waals surface area contributed by atoms with E-state index in [1.807, 2.05) is 12.3 Å². The van der Waals surface area contributed by atoms with Gasteiger partial charge in [-0.2, -0.15) is 0 Å². The largest absolute Gasteiger partial charge is 0.508 e. The molecule has 34 heavy (non-hydrogen) atoms. The van der Waals surface area contributed by atoms with Crippen LogP contribution in [0, 0.1) is 0 Å². The molecule has 0 saturated heterocycles. The van der Waals surface area contributed by atoms with Gasteiger partial charge in [0.2, 0.25) is 5.91 Å². The topological polar surface area (TPSA) is 65.1 Å². The Hall–Kier alpha value is -3.27. The Morgan fingerprint density at radius 1 is 0.912 bits per heavy atom. The minimum Gasteiger partial charge on any atom is -0.508 e. The van der Waals surface area contributed by atoms with Crippen molar-refractivity contribution in [2.75, 3.05) is 6.54 Å². The number of aromatic nitrogens is 1. The summed E-state index contributed by atoms with van der Waals surface area (Å²) < 4.78 is 0. The average molecular weight is 461 g/mol. The SMILES string of the molecule is CC/C=C/C/C=C\C/C=C\C/C=C\C/C=C\CCCC(=O)NCCc1c[nH]c2ccc(O)cc12. The lowest BCUT2D eigenvalue weighted by Gasteiger charge is -2.04. The number of allylic oxidation sites excluding steroid dienone is 10. The van der Waals surface area contributed by atoms with Crippen molar-refractivity contribution in [3.8, 4) is 5.75 Å². The summed E-state index contributed by atoms with van der Waals surface area (Å²) in [6.45, 7) is 2.75. The second kappa shape index (κ2) is 17.2. The van der Waals surface area contributed by atoms with E-state index in [-0.39, 0.29) is 11.7 Å². The Labute approximate surface area is 204 Å². The molecule has 0 spiro atoms. The number of phenolic OH excluding ortho intramolecular Hbond substituents is 1. The number of H-pyrrole nitrogens is 1. The fraction of sp³-hybridized carbons (Fsp3) is 0.367. The fourth-order valence-corrected chi connectivity index (χ4v) is 3.55. The number of aromatic hydroxyl groups is 1. The molecular weight excluding hydrogens is 420 g/mol. The van der Waals surface area contributed by atoms with Crippen LogP contribution in [0.1, 0.15) is 63.9 Å². The summed E-state index contributed by atoms with van der Waals surface area (Å²) in [6, 6.07) is 5.29. The fourth-order valence-electron chi connectivity index (χ4n) is 3.55. The van der Waals surface area contributed by atoms with Crippen molar-refractivity contribution >= 4 is 16.8 Å². The lowest BCUT2D eigenvalue weighted by molar-refractivity contribution is -0.121. The third kappa shape index (κ3) is 11.6. The predicted octanol–water partition coefficient (Wildman–Crippen LogP) is 7.45. The van der Waals surface area contributed by atoms with Crippen LogP contribution in [0.2, 0.25) is 0 Å². The number of aromatic amines is 1. The standard InChI is InChI=1S/C30H40N2O2/c1-2-3-4-5-6-7-8-9-10-11-12-13-14-15-16-17-18-19-30(34)31-23-22-26-25-32-29-21-20-27(33)24-28(26)29/h3-4,6-7,9-10,12-13,15-16,20-21,24-25,32-33H,2,5,8,11,14,17-19,22-23H2,1H3,(H,31,34)/b4-3+,7-6-,10-9-,13-12-,16-15-. The molecule has 0 aliphatic heterocycles. The van der Waals surface area contributed by atoms with E-state index >= 15 is 0 Å². The van der Waals surface area contributed by atoms with Gasteiger partial charge in [0.15, 0.2) is 0 Å². The molecule has 3 N–H and O–H groups in total. The zero-order valence-corrected chi connectivity index (χ0v) is 20.5. The van der Waals surface area contributed by atoms with E-state index in [4.69, 9.17) is 0 Å². The molecule has 1 amide bonds. The Balaban J connectivity index is 1.46. The van der Waals surface area contributed by atoms with Crippen molar-refractivity contribution in [2.24, 2.45) is 0 Å². The van der Waals surface area contributed by atoms with Gasteiger partial charge in [-0.25, -0.2) is 0 Å². The number of phenols is 1. The van der Waals surface area contributed by atoms with Gasteiger partial charge in [-0.15, -0.1) is 0 Å². The van der Waals surface area contributed by atoms with E-state index in [2.05, 4.69) is 78.0 Å². The quantitative estimate of drug-likeness (QED) is 0.180. The van der Waals surface area contributed by atoms with Gasteiger partial charge >= 0.3 is 0 Å². The molecule has 0 saturated carbocycles. The molecule has 0 aliphatic rings. The van der Waals surface area contributed by atoms with Crippen LogP contribution in [-0.4, -0.2) is 22.5 Å². The molecule has 0 fully saturated rings. The van der Waals surface area contributed by atoms with Gasteiger partial charge in [-0.3, -0.25) is 4.79 Å². The van der Waals surface area contributed by atoms with Crippen LogP contribution in [0.15, 0.2) is 85.2 Å². The number of fused-ring (bicyclic) bond motifs is 1. The van der Waals surface area contributed by atoms with Crippen molar-refractivity contribution in [3.05, 3.63) is 90.7 Å². The zero-order chi connectivity index (χ0) is 24.3. The molecule has 2 aromatic rings. The van der Waals surface area contributed by atoms with E-state index in [0.717, 1.165) is 67.8 Å². The molecule has 1 heterocycles. The third-order valence-corrected chi connectivity index (χ3v) is 5.40. The molecule has 4 heteroatoms. The normalized spacial score (nSPS) is 12.5. The van der Waals surface area contributed by atoms with E-state index in [1.54, 1.807) is 12.1 Å². The second-order valence-corrected chi connectivity index (χ2v) is 8.24. The van der Waals surface area contributed by atoms with Crippen LogP contribution in [0.4, 0.5) is 0 Å². The van der Waals surface area contributed by atoms with Gasteiger partial charge in [0, 0.05) is 30.1 Å². The molecule has 182 valence electrons. The smallest absolute Gasteiger partial charge is 0.220 e. The summed E-state index contributed by atoms with van der Waals surface area (Å²) in [5.74, 6) is 0.350. The van der Waals surface area contributed by atoms with Crippen LogP contribution < -0.4 is 5.32 Å². The van der Waals surface area contributed by atoms with Crippen molar-refractivity contribution in [3.63, 3.8) is 0 Å². The molecule has 0 bridgehead atoms. The summed E-state index contributed by atoms with van der Waals surface area (Å²) in [7, 11) is 0. The van der Waals surface area contributed by atoms with Gasteiger partial charge in [-0.1, -0.05) is 67.7 Å². The van der Waals surface area contributed by atoms with Gasteiger partial charge in [0.05, 0.1) is 0 Å². The third-order valence-electron chi connectivity index (χ3n) is 5.40. The number of nitrogens with one attached hydrogen (secondary N) is 2. The first-order valence-electron chi connectivity index (χ1n) is 12.5. The molecule has 0 radical (unpaired) electrons. The minimum atomic E-state index is 0.0926. The van der Waals surface area contributed by atoms with Crippen LogP contribution in [0.25, 0.3) is 10.9 Å². The summed E-state index contributed by atoms with van der Waals surface area (Å²) in [4.78, 5) is 15.2. The molecular formula is C30H40N2O2. The number of unbranched alkanes of at least 4 members (excludes halogenated alkanes) is 1. The summed E-state index contributed by atoms with van der Waals surface area (Å²) in [5.41, 5.74) is 2.10. The number of rotatable bonds is 16. The Morgan fingerprint density at radius 2 is 1.53 bits per heavy atom.